The van der Waals surface area contributed by atoms with Crippen molar-refractivity contribution in [2.45, 2.75) is 6.92 Å². The van der Waals surface area contributed by atoms with E-state index in [0.29, 0.717) is 12.1 Å². The molecule has 0 saturated carbocycles. The third-order valence-corrected chi connectivity index (χ3v) is 3.02. The molecular weight excluding hydrogens is 333 g/mol. The van der Waals surface area contributed by atoms with E-state index in [2.05, 4.69) is 10.6 Å². The van der Waals surface area contributed by atoms with E-state index in [1.807, 2.05) is 0 Å². The highest BCUT2D eigenvalue weighted by Gasteiger charge is 2.16. The zero-order chi connectivity index (χ0) is 17.1. The predicted octanol–water partition coefficient (Wildman–Crippen LogP) is 3.97. The van der Waals surface area contributed by atoms with Crippen molar-refractivity contribution < 1.29 is 22.8 Å². The van der Waals surface area contributed by atoms with Crippen LogP contribution in [0.4, 0.5) is 24.5 Å². The molecule has 2 amide bonds. The molecule has 0 unspecified atom stereocenters. The maximum absolute atomic E-state index is 13.2. The minimum Gasteiger partial charge on any atom is -0.325 e. The average Bonchev–Trinajstić information content (AvgIpc) is 2.46. The van der Waals surface area contributed by atoms with E-state index in [-0.39, 0.29) is 22.3 Å². The van der Waals surface area contributed by atoms with Crippen LogP contribution >= 0.6 is 11.6 Å². The quantitative estimate of drug-likeness (QED) is 0.829. The van der Waals surface area contributed by atoms with E-state index in [0.717, 1.165) is 0 Å². The Balaban J connectivity index is 2.33. The van der Waals surface area contributed by atoms with Gasteiger partial charge < -0.3 is 10.6 Å². The highest BCUT2D eigenvalue weighted by atomic mass is 35.5. The van der Waals surface area contributed by atoms with Crippen molar-refractivity contribution in [2.24, 2.45) is 0 Å². The molecule has 0 aliphatic heterocycles. The van der Waals surface area contributed by atoms with Crippen molar-refractivity contribution in [2.75, 3.05) is 10.6 Å². The van der Waals surface area contributed by atoms with Crippen LogP contribution in [0.3, 0.4) is 0 Å². The summed E-state index contributed by atoms with van der Waals surface area (Å²) in [7, 11) is 0. The van der Waals surface area contributed by atoms with E-state index >= 15 is 0 Å². The first-order valence-corrected chi connectivity index (χ1v) is 6.68. The Kier molecular flexibility index (Phi) is 4.90. The molecule has 0 heterocycles. The standard InChI is InChI=1S/C15H10ClF3N2O2/c1-7(22)20-12-3-2-9(16)6-13(12)21-15(23)8-4-10(17)14(19)11(18)5-8/h2-6H,1H3,(H,20,22)(H,21,23). The number of carbonyl (C=O) groups excluding carboxylic acids is 2. The van der Waals surface area contributed by atoms with Gasteiger partial charge in [-0.1, -0.05) is 11.6 Å². The lowest BCUT2D eigenvalue weighted by Crippen LogP contribution is -2.16. The molecular formula is C15H10ClF3N2O2. The van der Waals surface area contributed by atoms with Crippen molar-refractivity contribution >= 4 is 34.8 Å². The number of benzene rings is 2. The van der Waals surface area contributed by atoms with Crippen LogP contribution in [-0.4, -0.2) is 11.8 Å². The van der Waals surface area contributed by atoms with Gasteiger partial charge in [0.2, 0.25) is 5.91 Å². The molecule has 0 fully saturated rings. The molecule has 0 aliphatic rings. The summed E-state index contributed by atoms with van der Waals surface area (Å²) in [6.45, 7) is 1.27. The molecule has 2 N–H and O–H groups in total. The molecule has 8 heteroatoms. The third kappa shape index (κ3) is 4.01. The van der Waals surface area contributed by atoms with Crippen LogP contribution in [0.5, 0.6) is 0 Å². The number of hydrogen-bond donors (Lipinski definition) is 2. The fraction of sp³-hybridized carbons (Fsp3) is 0.0667. The van der Waals surface area contributed by atoms with E-state index in [1.165, 1.54) is 25.1 Å². The van der Waals surface area contributed by atoms with Crippen molar-refractivity contribution in [1.29, 1.82) is 0 Å². The van der Waals surface area contributed by atoms with Gasteiger partial charge in [0, 0.05) is 17.5 Å². The normalized spacial score (nSPS) is 10.3. The molecule has 2 rings (SSSR count). The molecule has 0 atom stereocenters. The first-order chi connectivity index (χ1) is 10.8. The van der Waals surface area contributed by atoms with E-state index < -0.39 is 28.9 Å². The minimum absolute atomic E-state index is 0.128. The number of carbonyl (C=O) groups is 2. The van der Waals surface area contributed by atoms with Crippen molar-refractivity contribution in [3.05, 3.63) is 58.4 Å². The summed E-state index contributed by atoms with van der Waals surface area (Å²) in [6.07, 6.45) is 0. The van der Waals surface area contributed by atoms with Crippen LogP contribution in [0.1, 0.15) is 17.3 Å². The third-order valence-electron chi connectivity index (χ3n) is 2.79. The second-order valence-electron chi connectivity index (χ2n) is 4.58. The summed E-state index contributed by atoms with van der Waals surface area (Å²) in [6, 6.07) is 5.42. The smallest absolute Gasteiger partial charge is 0.255 e. The second-order valence-corrected chi connectivity index (χ2v) is 5.02. The van der Waals surface area contributed by atoms with Crippen LogP contribution in [0.15, 0.2) is 30.3 Å². The number of anilines is 2. The Morgan fingerprint density at radius 1 is 0.957 bits per heavy atom. The minimum atomic E-state index is -1.66. The van der Waals surface area contributed by atoms with Gasteiger partial charge in [-0.05, 0) is 30.3 Å². The van der Waals surface area contributed by atoms with Crippen LogP contribution in [0.25, 0.3) is 0 Å². The number of nitrogens with one attached hydrogen (secondary N) is 2. The molecule has 0 aliphatic carbocycles. The van der Waals surface area contributed by atoms with Gasteiger partial charge in [0.25, 0.3) is 5.91 Å². The fourth-order valence-electron chi connectivity index (χ4n) is 1.80. The van der Waals surface area contributed by atoms with Crippen LogP contribution < -0.4 is 10.6 Å². The Morgan fingerprint density at radius 3 is 2.13 bits per heavy atom. The Morgan fingerprint density at radius 2 is 1.57 bits per heavy atom. The molecule has 23 heavy (non-hydrogen) atoms. The number of rotatable bonds is 3. The van der Waals surface area contributed by atoms with Crippen molar-refractivity contribution in [3.8, 4) is 0 Å². The van der Waals surface area contributed by atoms with Gasteiger partial charge in [-0.15, -0.1) is 0 Å². The van der Waals surface area contributed by atoms with Crippen LogP contribution in [0.2, 0.25) is 5.02 Å². The highest BCUT2D eigenvalue weighted by molar-refractivity contribution is 6.31. The van der Waals surface area contributed by atoms with Gasteiger partial charge in [-0.25, -0.2) is 13.2 Å². The van der Waals surface area contributed by atoms with Gasteiger partial charge in [0.1, 0.15) is 0 Å². The molecule has 0 aromatic heterocycles. The monoisotopic (exact) mass is 342 g/mol. The van der Waals surface area contributed by atoms with Gasteiger partial charge in [0.15, 0.2) is 17.5 Å². The molecule has 0 saturated heterocycles. The molecule has 120 valence electrons. The first-order valence-electron chi connectivity index (χ1n) is 6.31. The van der Waals surface area contributed by atoms with E-state index in [1.54, 1.807) is 0 Å². The topological polar surface area (TPSA) is 58.2 Å². The maximum Gasteiger partial charge on any atom is 0.255 e. The fourth-order valence-corrected chi connectivity index (χ4v) is 1.97. The zero-order valence-electron chi connectivity index (χ0n) is 11.7. The van der Waals surface area contributed by atoms with Gasteiger partial charge in [-0.3, -0.25) is 9.59 Å². The Labute approximate surface area is 134 Å². The number of halogens is 4. The van der Waals surface area contributed by atoms with Crippen molar-refractivity contribution in [3.63, 3.8) is 0 Å². The van der Waals surface area contributed by atoms with Gasteiger partial charge in [-0.2, -0.15) is 0 Å². The lowest BCUT2D eigenvalue weighted by atomic mass is 10.1. The maximum atomic E-state index is 13.2. The van der Waals surface area contributed by atoms with Gasteiger partial charge >= 0.3 is 0 Å². The predicted molar refractivity (Wildman–Crippen MR) is 80.0 cm³/mol. The second kappa shape index (κ2) is 6.70. The summed E-state index contributed by atoms with van der Waals surface area (Å²) in [5.41, 5.74) is -0.0451. The summed E-state index contributed by atoms with van der Waals surface area (Å²) in [5.74, 6) is -5.91. The molecule has 2 aromatic carbocycles. The molecule has 0 radical (unpaired) electrons. The molecule has 0 bridgehead atoms. The van der Waals surface area contributed by atoms with Crippen LogP contribution in [0, 0.1) is 17.5 Å². The number of hydrogen-bond acceptors (Lipinski definition) is 2. The summed E-state index contributed by atoms with van der Waals surface area (Å²) in [4.78, 5) is 23.2. The Hall–Kier alpha value is -2.54. The molecule has 2 aromatic rings. The number of amides is 2. The average molecular weight is 343 g/mol. The summed E-state index contributed by atoms with van der Waals surface area (Å²) < 4.78 is 39.3. The SMILES string of the molecule is CC(=O)Nc1ccc(Cl)cc1NC(=O)c1cc(F)c(F)c(F)c1. The van der Waals surface area contributed by atoms with Crippen LogP contribution in [-0.2, 0) is 4.79 Å². The Bertz CT molecular complexity index is 773. The van der Waals surface area contributed by atoms with Crippen molar-refractivity contribution in [1.82, 2.24) is 0 Å². The lowest BCUT2D eigenvalue weighted by molar-refractivity contribution is -0.114. The molecule has 0 spiro atoms. The zero-order valence-corrected chi connectivity index (χ0v) is 12.5. The summed E-state index contributed by atoms with van der Waals surface area (Å²) >= 11 is 5.82. The largest absolute Gasteiger partial charge is 0.325 e. The highest BCUT2D eigenvalue weighted by Crippen LogP contribution is 2.26. The van der Waals surface area contributed by atoms with E-state index in [9.17, 15) is 22.8 Å². The summed E-state index contributed by atoms with van der Waals surface area (Å²) in [5, 5.41) is 5.09. The van der Waals surface area contributed by atoms with E-state index in [4.69, 9.17) is 11.6 Å². The van der Waals surface area contributed by atoms with Gasteiger partial charge in [0.05, 0.1) is 11.4 Å². The first kappa shape index (κ1) is 16.8. The lowest BCUT2D eigenvalue weighted by Gasteiger charge is -2.12. The molecule has 4 nitrogen and oxygen atoms in total.